The average molecular weight is 355 g/mol. The summed E-state index contributed by atoms with van der Waals surface area (Å²) in [6, 6.07) is 18.2. The lowest BCUT2D eigenvalue weighted by Crippen LogP contribution is -1.88. The zero-order chi connectivity index (χ0) is 18.6. The lowest BCUT2D eigenvalue weighted by molar-refractivity contribution is 0.831. The van der Waals surface area contributed by atoms with Crippen molar-refractivity contribution in [2.45, 2.75) is 26.2 Å². The molecule has 0 unspecified atom stereocenters. The van der Waals surface area contributed by atoms with Crippen LogP contribution in [-0.2, 0) is 6.42 Å². The minimum atomic E-state index is 0.279. The molecule has 4 aromatic rings. The van der Waals surface area contributed by atoms with Crippen molar-refractivity contribution in [2.75, 3.05) is 0 Å². The van der Waals surface area contributed by atoms with Crippen molar-refractivity contribution in [3.8, 4) is 0 Å². The van der Waals surface area contributed by atoms with Gasteiger partial charge in [-0.25, -0.2) is 4.98 Å². The minimum Gasteiger partial charge on any atom is -0.283 e. The highest BCUT2D eigenvalue weighted by Gasteiger charge is 2.14. The summed E-state index contributed by atoms with van der Waals surface area (Å²) in [5, 5.41) is 8.96. The second kappa shape index (κ2) is 7.50. The fourth-order valence-corrected chi connectivity index (χ4v) is 3.01. The van der Waals surface area contributed by atoms with E-state index in [2.05, 4.69) is 46.2 Å². The normalized spacial score (nSPS) is 11.7. The van der Waals surface area contributed by atoms with Gasteiger partial charge in [-0.15, -0.1) is 10.2 Å². The molecule has 0 aliphatic heterocycles. The first-order valence-electron chi connectivity index (χ1n) is 9.07. The van der Waals surface area contributed by atoms with Crippen molar-refractivity contribution in [1.29, 1.82) is 0 Å². The van der Waals surface area contributed by atoms with Crippen molar-refractivity contribution < 1.29 is 0 Å². The molecule has 3 heterocycles. The molecule has 0 saturated carbocycles. The van der Waals surface area contributed by atoms with Crippen LogP contribution in [0.2, 0.25) is 0 Å². The monoisotopic (exact) mass is 355 g/mol. The molecule has 0 aliphatic carbocycles. The molecule has 0 fully saturated rings. The number of nitrogens with zero attached hydrogens (tertiary/aromatic N) is 5. The third-order valence-corrected chi connectivity index (χ3v) is 4.43. The van der Waals surface area contributed by atoms with E-state index in [9.17, 15) is 0 Å². The Labute approximate surface area is 158 Å². The van der Waals surface area contributed by atoms with Crippen LogP contribution in [0, 0.1) is 0 Å². The second-order valence-electron chi connectivity index (χ2n) is 6.80. The van der Waals surface area contributed by atoms with Gasteiger partial charge in [0.05, 0.1) is 11.4 Å². The van der Waals surface area contributed by atoms with Gasteiger partial charge in [0, 0.05) is 18.6 Å². The molecule has 0 amide bonds. The van der Waals surface area contributed by atoms with Crippen LogP contribution in [0.4, 0.5) is 11.5 Å². The Bertz CT molecular complexity index is 1060. The predicted octanol–water partition coefficient (Wildman–Crippen LogP) is 5.86. The summed E-state index contributed by atoms with van der Waals surface area (Å²) < 4.78 is 1.98. The van der Waals surface area contributed by atoms with Gasteiger partial charge in [-0.2, -0.15) is 0 Å². The van der Waals surface area contributed by atoms with Crippen LogP contribution in [0.5, 0.6) is 0 Å². The average Bonchev–Trinajstić information content (AvgIpc) is 3.07. The second-order valence-corrected chi connectivity index (χ2v) is 6.80. The zero-order valence-corrected chi connectivity index (χ0v) is 15.4. The minimum absolute atomic E-state index is 0.279. The Hall–Kier alpha value is -3.34. The van der Waals surface area contributed by atoms with Crippen LogP contribution in [0.1, 0.15) is 36.6 Å². The maximum Gasteiger partial charge on any atom is 0.183 e. The van der Waals surface area contributed by atoms with Gasteiger partial charge >= 0.3 is 0 Å². The molecule has 0 atom stereocenters. The topological polar surface area (TPSA) is 54.9 Å². The maximum atomic E-state index is 4.69. The van der Waals surface area contributed by atoms with Crippen LogP contribution < -0.4 is 0 Å². The molecular formula is C22H21N5. The van der Waals surface area contributed by atoms with E-state index in [0.29, 0.717) is 0 Å². The lowest BCUT2D eigenvalue weighted by atomic mass is 10.1. The molecule has 27 heavy (non-hydrogen) atoms. The molecule has 0 radical (unpaired) electrons. The van der Waals surface area contributed by atoms with E-state index < -0.39 is 0 Å². The number of aromatic nitrogens is 3. The van der Waals surface area contributed by atoms with Crippen molar-refractivity contribution in [3.63, 3.8) is 0 Å². The van der Waals surface area contributed by atoms with Crippen molar-refractivity contribution in [1.82, 2.24) is 14.4 Å². The predicted molar refractivity (Wildman–Crippen MR) is 107 cm³/mol. The lowest BCUT2D eigenvalue weighted by Gasteiger charge is -2.03. The van der Waals surface area contributed by atoms with Crippen LogP contribution in [0.15, 0.2) is 83.4 Å². The molecule has 5 heteroatoms. The van der Waals surface area contributed by atoms with Gasteiger partial charge in [-0.05, 0) is 59.9 Å². The molecule has 1 aromatic carbocycles. The van der Waals surface area contributed by atoms with E-state index in [-0.39, 0.29) is 5.92 Å². The van der Waals surface area contributed by atoms with Gasteiger partial charge in [-0.3, -0.25) is 9.38 Å². The number of imidazole rings is 1. The van der Waals surface area contributed by atoms with Crippen LogP contribution in [0.25, 0.3) is 5.65 Å². The fourth-order valence-electron chi connectivity index (χ4n) is 3.01. The summed E-state index contributed by atoms with van der Waals surface area (Å²) in [6.45, 7) is 4.24. The van der Waals surface area contributed by atoms with Gasteiger partial charge in [-0.1, -0.05) is 32.0 Å². The van der Waals surface area contributed by atoms with Crippen molar-refractivity contribution in [2.24, 2.45) is 10.2 Å². The number of fused-ring (bicyclic) bond motifs is 1. The summed E-state index contributed by atoms with van der Waals surface area (Å²) in [5.74, 6) is 1.07. The van der Waals surface area contributed by atoms with E-state index in [4.69, 9.17) is 0 Å². The van der Waals surface area contributed by atoms with Gasteiger partial charge in [0.1, 0.15) is 5.65 Å². The molecule has 4 rings (SSSR count). The highest BCUT2D eigenvalue weighted by molar-refractivity contribution is 5.53. The smallest absolute Gasteiger partial charge is 0.183 e. The van der Waals surface area contributed by atoms with E-state index in [0.717, 1.165) is 29.3 Å². The van der Waals surface area contributed by atoms with E-state index in [1.54, 1.807) is 0 Å². The number of azo groups is 1. The Morgan fingerprint density at radius 1 is 0.889 bits per heavy atom. The summed E-state index contributed by atoms with van der Waals surface area (Å²) in [5.41, 5.74) is 5.15. The molecule has 5 nitrogen and oxygen atoms in total. The molecule has 0 aliphatic rings. The van der Waals surface area contributed by atoms with Gasteiger partial charge in [0.25, 0.3) is 0 Å². The summed E-state index contributed by atoms with van der Waals surface area (Å²) >= 11 is 0. The first-order valence-corrected chi connectivity index (χ1v) is 9.07. The molecule has 0 bridgehead atoms. The highest BCUT2D eigenvalue weighted by Crippen LogP contribution is 2.29. The Kier molecular flexibility index (Phi) is 4.75. The van der Waals surface area contributed by atoms with Crippen LogP contribution in [-0.4, -0.2) is 14.4 Å². The fraction of sp³-hybridized carbons (Fsp3) is 0.182. The third-order valence-electron chi connectivity index (χ3n) is 4.43. The summed E-state index contributed by atoms with van der Waals surface area (Å²) in [7, 11) is 0. The molecule has 0 saturated heterocycles. The quantitative estimate of drug-likeness (QED) is 0.421. The summed E-state index contributed by atoms with van der Waals surface area (Å²) in [6.07, 6.45) is 6.49. The molecule has 0 N–H and O–H groups in total. The maximum absolute atomic E-state index is 4.69. The Morgan fingerprint density at radius 3 is 2.37 bits per heavy atom. The molecule has 134 valence electrons. The number of benzene rings is 1. The highest BCUT2D eigenvalue weighted by atomic mass is 15.2. The number of pyridine rings is 2. The standard InChI is InChI=1S/C22H21N5/c1-16(2)21-22(27-14-4-3-5-20(27)24-21)26-25-19-8-6-17(7-9-19)15-18-10-12-23-13-11-18/h3-14,16H,15H2,1-2H3. The van der Waals surface area contributed by atoms with E-state index >= 15 is 0 Å². The summed E-state index contributed by atoms with van der Waals surface area (Å²) in [4.78, 5) is 8.75. The van der Waals surface area contributed by atoms with Crippen molar-refractivity contribution in [3.05, 3.63) is 90.0 Å². The first-order chi connectivity index (χ1) is 13.2. The third kappa shape index (κ3) is 3.77. The van der Waals surface area contributed by atoms with E-state index in [1.807, 2.05) is 65.5 Å². The molecule has 0 spiro atoms. The van der Waals surface area contributed by atoms with Crippen molar-refractivity contribution >= 4 is 17.2 Å². The first kappa shape index (κ1) is 17.1. The number of rotatable bonds is 5. The molecule has 3 aromatic heterocycles. The molecular weight excluding hydrogens is 334 g/mol. The zero-order valence-electron chi connectivity index (χ0n) is 15.4. The SMILES string of the molecule is CC(C)c1nc2ccccn2c1N=Nc1ccc(Cc2ccncc2)cc1. The number of hydrogen-bond acceptors (Lipinski definition) is 4. The van der Waals surface area contributed by atoms with E-state index in [1.165, 1.54) is 11.1 Å². The van der Waals surface area contributed by atoms with Crippen LogP contribution >= 0.6 is 0 Å². The number of hydrogen-bond donors (Lipinski definition) is 0. The van der Waals surface area contributed by atoms with Gasteiger partial charge in [0.2, 0.25) is 0 Å². The Morgan fingerprint density at radius 2 is 1.63 bits per heavy atom. The largest absolute Gasteiger partial charge is 0.283 e. The van der Waals surface area contributed by atoms with Gasteiger partial charge < -0.3 is 0 Å². The Balaban J connectivity index is 1.58. The van der Waals surface area contributed by atoms with Crippen LogP contribution in [0.3, 0.4) is 0 Å². The van der Waals surface area contributed by atoms with Gasteiger partial charge in [0.15, 0.2) is 5.82 Å².